The van der Waals surface area contributed by atoms with Gasteiger partial charge < -0.3 is 14.5 Å². The molecule has 0 radical (unpaired) electrons. The lowest BCUT2D eigenvalue weighted by molar-refractivity contribution is -0.141. The second-order valence-corrected chi connectivity index (χ2v) is 6.27. The summed E-state index contributed by atoms with van der Waals surface area (Å²) in [6.45, 7) is 8.83. The van der Waals surface area contributed by atoms with E-state index in [0.717, 1.165) is 31.5 Å². The zero-order chi connectivity index (χ0) is 17.5. The van der Waals surface area contributed by atoms with Gasteiger partial charge in [-0.05, 0) is 45.7 Å². The Morgan fingerprint density at radius 3 is 2.25 bits per heavy atom. The van der Waals surface area contributed by atoms with Crippen molar-refractivity contribution in [3.05, 3.63) is 29.8 Å². The van der Waals surface area contributed by atoms with Crippen molar-refractivity contribution in [3.8, 4) is 5.75 Å². The maximum absolute atomic E-state index is 12.4. The van der Waals surface area contributed by atoms with Crippen molar-refractivity contribution < 1.29 is 14.3 Å². The van der Waals surface area contributed by atoms with Crippen LogP contribution in [-0.4, -0.2) is 54.4 Å². The summed E-state index contributed by atoms with van der Waals surface area (Å²) in [5.41, 5.74) is 1.16. The van der Waals surface area contributed by atoms with E-state index in [2.05, 4.69) is 0 Å². The average Bonchev–Trinajstić information content (AvgIpc) is 2.62. The summed E-state index contributed by atoms with van der Waals surface area (Å²) in [6.07, 6.45) is 1.48. The van der Waals surface area contributed by atoms with E-state index in [1.807, 2.05) is 49.9 Å². The minimum absolute atomic E-state index is 0.00990. The largest absolute Gasteiger partial charge is 0.484 e. The highest BCUT2D eigenvalue weighted by atomic mass is 16.5. The van der Waals surface area contributed by atoms with Crippen LogP contribution in [0.2, 0.25) is 0 Å². The standard InChI is InChI=1S/C19H28N2O3/c1-4-20(5-2)19(23)16-10-12-21(13-11-16)18(22)14-24-17-8-6-15(3)7-9-17/h6-9,16H,4-5,10-14H2,1-3H3. The molecule has 132 valence electrons. The lowest BCUT2D eigenvalue weighted by Crippen LogP contribution is -2.45. The van der Waals surface area contributed by atoms with Crippen LogP contribution >= 0.6 is 0 Å². The average molecular weight is 332 g/mol. The van der Waals surface area contributed by atoms with Crippen molar-refractivity contribution in [2.45, 2.75) is 33.6 Å². The maximum Gasteiger partial charge on any atom is 0.260 e. The van der Waals surface area contributed by atoms with Crippen molar-refractivity contribution in [2.75, 3.05) is 32.8 Å². The summed E-state index contributed by atoms with van der Waals surface area (Å²) in [4.78, 5) is 28.3. The Kier molecular flexibility index (Phi) is 6.64. The molecule has 1 fully saturated rings. The number of piperidine rings is 1. The molecule has 1 aromatic carbocycles. The van der Waals surface area contributed by atoms with E-state index < -0.39 is 0 Å². The van der Waals surface area contributed by atoms with Gasteiger partial charge in [0.15, 0.2) is 6.61 Å². The molecule has 0 aliphatic carbocycles. The normalized spacial score (nSPS) is 15.2. The molecule has 0 aromatic heterocycles. The number of hydrogen-bond donors (Lipinski definition) is 0. The monoisotopic (exact) mass is 332 g/mol. The molecule has 24 heavy (non-hydrogen) atoms. The van der Waals surface area contributed by atoms with Gasteiger partial charge in [-0.2, -0.15) is 0 Å². The molecule has 5 nitrogen and oxygen atoms in total. The fourth-order valence-corrected chi connectivity index (χ4v) is 3.04. The number of aryl methyl sites for hydroxylation is 1. The highest BCUT2D eigenvalue weighted by Crippen LogP contribution is 2.20. The van der Waals surface area contributed by atoms with Crippen LogP contribution in [0.4, 0.5) is 0 Å². The van der Waals surface area contributed by atoms with Crippen LogP contribution in [0.3, 0.4) is 0 Å². The van der Waals surface area contributed by atoms with Gasteiger partial charge in [0.2, 0.25) is 5.91 Å². The highest BCUT2D eigenvalue weighted by Gasteiger charge is 2.29. The van der Waals surface area contributed by atoms with Gasteiger partial charge in [-0.15, -0.1) is 0 Å². The van der Waals surface area contributed by atoms with Crippen molar-refractivity contribution in [2.24, 2.45) is 5.92 Å². The molecule has 0 bridgehead atoms. The third kappa shape index (κ3) is 4.73. The minimum atomic E-state index is -0.00990. The molecular formula is C19H28N2O3. The number of ether oxygens (including phenoxy) is 1. The van der Waals surface area contributed by atoms with Crippen molar-refractivity contribution in [1.29, 1.82) is 0 Å². The van der Waals surface area contributed by atoms with Gasteiger partial charge in [0, 0.05) is 32.1 Å². The molecule has 2 amide bonds. The highest BCUT2D eigenvalue weighted by molar-refractivity contribution is 5.80. The van der Waals surface area contributed by atoms with E-state index in [0.29, 0.717) is 18.8 Å². The number of rotatable bonds is 6. The van der Waals surface area contributed by atoms with E-state index in [-0.39, 0.29) is 24.3 Å². The summed E-state index contributed by atoms with van der Waals surface area (Å²) in [5.74, 6) is 0.972. The molecule has 0 atom stereocenters. The van der Waals surface area contributed by atoms with Gasteiger partial charge in [0.1, 0.15) is 5.75 Å². The second-order valence-electron chi connectivity index (χ2n) is 6.27. The minimum Gasteiger partial charge on any atom is -0.484 e. The van der Waals surface area contributed by atoms with E-state index in [1.165, 1.54) is 0 Å². The number of amides is 2. The van der Waals surface area contributed by atoms with E-state index >= 15 is 0 Å². The third-order valence-corrected chi connectivity index (χ3v) is 4.66. The topological polar surface area (TPSA) is 49.9 Å². The lowest BCUT2D eigenvalue weighted by Gasteiger charge is -2.33. The van der Waals surface area contributed by atoms with E-state index in [1.54, 1.807) is 4.90 Å². The summed E-state index contributed by atoms with van der Waals surface area (Å²) >= 11 is 0. The van der Waals surface area contributed by atoms with Crippen LogP contribution in [0.1, 0.15) is 32.3 Å². The second kappa shape index (κ2) is 8.71. The van der Waals surface area contributed by atoms with Crippen LogP contribution in [-0.2, 0) is 9.59 Å². The molecule has 1 heterocycles. The van der Waals surface area contributed by atoms with E-state index in [4.69, 9.17) is 4.74 Å². The van der Waals surface area contributed by atoms with Crippen LogP contribution < -0.4 is 4.74 Å². The summed E-state index contributed by atoms with van der Waals surface area (Å²) in [7, 11) is 0. The molecule has 0 saturated carbocycles. The third-order valence-electron chi connectivity index (χ3n) is 4.66. The molecule has 1 aromatic rings. The van der Waals surface area contributed by atoms with Crippen LogP contribution in [0.15, 0.2) is 24.3 Å². The summed E-state index contributed by atoms with van der Waals surface area (Å²) in [5, 5.41) is 0. The first kappa shape index (κ1) is 18.3. The molecule has 1 aliphatic heterocycles. The first-order chi connectivity index (χ1) is 11.5. The molecule has 1 aliphatic rings. The molecular weight excluding hydrogens is 304 g/mol. The molecule has 2 rings (SSSR count). The Labute approximate surface area is 144 Å². The number of hydrogen-bond acceptors (Lipinski definition) is 3. The number of carbonyl (C=O) groups is 2. The summed E-state index contributed by atoms with van der Waals surface area (Å²) < 4.78 is 5.56. The Balaban J connectivity index is 1.78. The number of likely N-dealkylation sites (tertiary alicyclic amines) is 1. The van der Waals surface area contributed by atoms with E-state index in [9.17, 15) is 9.59 Å². The predicted molar refractivity (Wildman–Crippen MR) is 93.9 cm³/mol. The van der Waals surface area contributed by atoms with Gasteiger partial charge in [0.05, 0.1) is 0 Å². The van der Waals surface area contributed by atoms with Crippen LogP contribution in [0.5, 0.6) is 5.75 Å². The molecule has 0 N–H and O–H groups in total. The van der Waals surface area contributed by atoms with Gasteiger partial charge in [0.25, 0.3) is 5.91 Å². The predicted octanol–water partition coefficient (Wildman–Crippen LogP) is 2.48. The fourth-order valence-electron chi connectivity index (χ4n) is 3.04. The van der Waals surface area contributed by atoms with Crippen molar-refractivity contribution >= 4 is 11.8 Å². The number of nitrogens with zero attached hydrogens (tertiary/aromatic N) is 2. The van der Waals surface area contributed by atoms with Gasteiger partial charge >= 0.3 is 0 Å². The lowest BCUT2D eigenvalue weighted by atomic mass is 9.95. The molecule has 5 heteroatoms. The first-order valence-corrected chi connectivity index (χ1v) is 8.81. The Morgan fingerprint density at radius 1 is 1.12 bits per heavy atom. The quantitative estimate of drug-likeness (QED) is 0.804. The van der Waals surface area contributed by atoms with Gasteiger partial charge in [-0.3, -0.25) is 9.59 Å². The van der Waals surface area contributed by atoms with Gasteiger partial charge in [-0.25, -0.2) is 0 Å². The smallest absolute Gasteiger partial charge is 0.260 e. The van der Waals surface area contributed by atoms with Crippen LogP contribution in [0, 0.1) is 12.8 Å². The zero-order valence-corrected chi connectivity index (χ0v) is 15.0. The maximum atomic E-state index is 12.4. The van der Waals surface area contributed by atoms with Crippen molar-refractivity contribution in [1.82, 2.24) is 9.80 Å². The Hall–Kier alpha value is -2.04. The van der Waals surface area contributed by atoms with Crippen LogP contribution in [0.25, 0.3) is 0 Å². The fraction of sp³-hybridized carbons (Fsp3) is 0.579. The molecule has 0 unspecified atom stereocenters. The van der Waals surface area contributed by atoms with Gasteiger partial charge in [-0.1, -0.05) is 17.7 Å². The van der Waals surface area contributed by atoms with Crippen molar-refractivity contribution in [3.63, 3.8) is 0 Å². The Morgan fingerprint density at radius 2 is 1.71 bits per heavy atom. The number of carbonyl (C=O) groups excluding carboxylic acids is 2. The Bertz CT molecular complexity index is 544. The molecule has 1 saturated heterocycles. The summed E-state index contributed by atoms with van der Waals surface area (Å²) in [6, 6.07) is 7.67. The zero-order valence-electron chi connectivity index (χ0n) is 15.0. The SMILES string of the molecule is CCN(CC)C(=O)C1CCN(C(=O)COc2ccc(C)cc2)CC1. The number of benzene rings is 1. The molecule has 0 spiro atoms. The first-order valence-electron chi connectivity index (χ1n) is 8.81.